The lowest BCUT2D eigenvalue weighted by molar-refractivity contribution is 1.02. The molecule has 0 aromatic heterocycles. The SMILES string of the molecule is C=C(C)/C(=C\NC)CC. The fourth-order valence-corrected chi connectivity index (χ4v) is 0.701. The Morgan fingerprint density at radius 3 is 2.33 bits per heavy atom. The lowest BCUT2D eigenvalue weighted by atomic mass is 10.1. The second-order valence-corrected chi connectivity index (χ2v) is 2.09. The van der Waals surface area contributed by atoms with Gasteiger partial charge in [0.2, 0.25) is 0 Å². The van der Waals surface area contributed by atoms with E-state index in [2.05, 4.69) is 18.8 Å². The van der Waals surface area contributed by atoms with E-state index in [-0.39, 0.29) is 0 Å². The number of allylic oxidation sites excluding steroid dienone is 2. The van der Waals surface area contributed by atoms with Crippen molar-refractivity contribution in [3.8, 4) is 0 Å². The van der Waals surface area contributed by atoms with Gasteiger partial charge < -0.3 is 5.32 Å². The number of hydrogen-bond acceptors (Lipinski definition) is 1. The van der Waals surface area contributed by atoms with Gasteiger partial charge in [-0.2, -0.15) is 0 Å². The molecule has 0 aliphatic carbocycles. The summed E-state index contributed by atoms with van der Waals surface area (Å²) in [4.78, 5) is 0. The molecule has 0 rings (SSSR count). The van der Waals surface area contributed by atoms with E-state index in [1.807, 2.05) is 20.2 Å². The number of hydrogen-bond donors (Lipinski definition) is 1. The molecule has 0 bridgehead atoms. The third-order valence-corrected chi connectivity index (χ3v) is 1.25. The molecule has 0 heterocycles. The molecule has 0 aromatic carbocycles. The average molecular weight is 125 g/mol. The Hall–Kier alpha value is -0.720. The molecule has 0 aromatic rings. The molecule has 0 aliphatic rings. The third kappa shape index (κ3) is 2.96. The summed E-state index contributed by atoms with van der Waals surface area (Å²) in [6.45, 7) is 7.98. The third-order valence-electron chi connectivity index (χ3n) is 1.25. The van der Waals surface area contributed by atoms with Crippen molar-refractivity contribution in [2.45, 2.75) is 20.3 Å². The number of nitrogens with one attached hydrogen (secondary N) is 1. The van der Waals surface area contributed by atoms with Crippen LogP contribution in [0, 0.1) is 0 Å². The molecule has 0 amide bonds. The normalized spacial score (nSPS) is 11.2. The van der Waals surface area contributed by atoms with Crippen molar-refractivity contribution in [3.63, 3.8) is 0 Å². The molecule has 0 fully saturated rings. The Bertz CT molecular complexity index is 123. The van der Waals surface area contributed by atoms with E-state index in [4.69, 9.17) is 0 Å². The molecule has 52 valence electrons. The second kappa shape index (κ2) is 4.19. The lowest BCUT2D eigenvalue weighted by Crippen LogP contribution is -1.96. The Morgan fingerprint density at radius 1 is 1.67 bits per heavy atom. The van der Waals surface area contributed by atoms with Gasteiger partial charge in [0.05, 0.1) is 0 Å². The van der Waals surface area contributed by atoms with Crippen LogP contribution >= 0.6 is 0 Å². The molecule has 0 unspecified atom stereocenters. The molecule has 1 N–H and O–H groups in total. The lowest BCUT2D eigenvalue weighted by Gasteiger charge is -2.01. The fraction of sp³-hybridized carbons (Fsp3) is 0.500. The minimum Gasteiger partial charge on any atom is -0.394 e. The summed E-state index contributed by atoms with van der Waals surface area (Å²) in [6, 6.07) is 0. The van der Waals surface area contributed by atoms with Gasteiger partial charge >= 0.3 is 0 Å². The summed E-state index contributed by atoms with van der Waals surface area (Å²) >= 11 is 0. The first kappa shape index (κ1) is 8.28. The molecule has 0 saturated heterocycles. The summed E-state index contributed by atoms with van der Waals surface area (Å²) in [6.07, 6.45) is 3.04. The molecule has 1 heteroatoms. The van der Waals surface area contributed by atoms with Gasteiger partial charge in [0.15, 0.2) is 0 Å². The van der Waals surface area contributed by atoms with Crippen LogP contribution in [0.3, 0.4) is 0 Å². The van der Waals surface area contributed by atoms with Crippen LogP contribution in [0.1, 0.15) is 20.3 Å². The van der Waals surface area contributed by atoms with E-state index in [1.165, 1.54) is 5.57 Å². The smallest absolute Gasteiger partial charge is 0.00278 e. The van der Waals surface area contributed by atoms with Crippen molar-refractivity contribution in [3.05, 3.63) is 23.9 Å². The van der Waals surface area contributed by atoms with Crippen LogP contribution in [-0.2, 0) is 0 Å². The molecule has 0 spiro atoms. The maximum atomic E-state index is 3.84. The van der Waals surface area contributed by atoms with Gasteiger partial charge in [0, 0.05) is 7.05 Å². The highest BCUT2D eigenvalue weighted by Gasteiger charge is 1.90. The largest absolute Gasteiger partial charge is 0.394 e. The Kier molecular flexibility index (Phi) is 3.85. The van der Waals surface area contributed by atoms with Crippen molar-refractivity contribution in [2.75, 3.05) is 7.05 Å². The van der Waals surface area contributed by atoms with Crippen LogP contribution in [0.2, 0.25) is 0 Å². The van der Waals surface area contributed by atoms with Crippen LogP contribution in [0.5, 0.6) is 0 Å². The zero-order chi connectivity index (χ0) is 7.28. The minimum absolute atomic E-state index is 1.05. The van der Waals surface area contributed by atoms with E-state index < -0.39 is 0 Å². The van der Waals surface area contributed by atoms with Crippen molar-refractivity contribution in [2.24, 2.45) is 0 Å². The van der Waals surface area contributed by atoms with E-state index in [9.17, 15) is 0 Å². The molecule has 0 atom stereocenters. The first-order chi connectivity index (χ1) is 4.22. The molecule has 0 radical (unpaired) electrons. The molecule has 1 nitrogen and oxygen atoms in total. The highest BCUT2D eigenvalue weighted by atomic mass is 14.8. The van der Waals surface area contributed by atoms with Crippen molar-refractivity contribution in [1.82, 2.24) is 5.32 Å². The quantitative estimate of drug-likeness (QED) is 0.569. The molecular formula is C8H15N. The van der Waals surface area contributed by atoms with Crippen molar-refractivity contribution >= 4 is 0 Å². The monoisotopic (exact) mass is 125 g/mol. The summed E-state index contributed by atoms with van der Waals surface area (Å²) < 4.78 is 0. The molecular weight excluding hydrogens is 110 g/mol. The molecule has 9 heavy (non-hydrogen) atoms. The molecule has 0 aliphatic heterocycles. The fourth-order valence-electron chi connectivity index (χ4n) is 0.701. The Morgan fingerprint density at radius 2 is 2.22 bits per heavy atom. The van der Waals surface area contributed by atoms with E-state index in [0.717, 1.165) is 12.0 Å². The van der Waals surface area contributed by atoms with E-state index >= 15 is 0 Å². The Balaban J connectivity index is 3.98. The second-order valence-electron chi connectivity index (χ2n) is 2.09. The van der Waals surface area contributed by atoms with Crippen LogP contribution in [0.25, 0.3) is 0 Å². The van der Waals surface area contributed by atoms with Crippen LogP contribution in [-0.4, -0.2) is 7.05 Å². The zero-order valence-corrected chi connectivity index (χ0v) is 6.49. The van der Waals surface area contributed by atoms with Crippen molar-refractivity contribution in [1.29, 1.82) is 0 Å². The standard InChI is InChI=1S/C8H15N/c1-5-8(6-9-4)7(2)3/h6,9H,2,5H2,1,3-4H3/b8-6-. The van der Waals surface area contributed by atoms with E-state index in [0.29, 0.717) is 0 Å². The van der Waals surface area contributed by atoms with Crippen LogP contribution in [0.4, 0.5) is 0 Å². The average Bonchev–Trinajstić information content (AvgIpc) is 1.82. The van der Waals surface area contributed by atoms with Crippen molar-refractivity contribution < 1.29 is 0 Å². The minimum atomic E-state index is 1.05. The first-order valence-corrected chi connectivity index (χ1v) is 3.24. The Labute approximate surface area is 57.5 Å². The highest BCUT2D eigenvalue weighted by molar-refractivity contribution is 5.24. The highest BCUT2D eigenvalue weighted by Crippen LogP contribution is 2.08. The first-order valence-electron chi connectivity index (χ1n) is 3.24. The van der Waals surface area contributed by atoms with Gasteiger partial charge in [0.1, 0.15) is 0 Å². The predicted octanol–water partition coefficient (Wildman–Crippen LogP) is 2.08. The van der Waals surface area contributed by atoms with Gasteiger partial charge in [-0.25, -0.2) is 0 Å². The zero-order valence-electron chi connectivity index (χ0n) is 6.49. The summed E-state index contributed by atoms with van der Waals surface area (Å²) in [5, 5.41) is 2.98. The summed E-state index contributed by atoms with van der Waals surface area (Å²) in [5.74, 6) is 0. The molecule has 0 saturated carbocycles. The number of rotatable bonds is 3. The topological polar surface area (TPSA) is 12.0 Å². The van der Waals surface area contributed by atoms with Gasteiger partial charge in [-0.15, -0.1) is 0 Å². The van der Waals surface area contributed by atoms with Gasteiger partial charge in [-0.05, 0) is 25.1 Å². The van der Waals surface area contributed by atoms with Gasteiger partial charge in [-0.3, -0.25) is 0 Å². The summed E-state index contributed by atoms with van der Waals surface area (Å²) in [5.41, 5.74) is 2.43. The predicted molar refractivity (Wildman–Crippen MR) is 42.2 cm³/mol. The maximum absolute atomic E-state index is 3.84. The van der Waals surface area contributed by atoms with Crippen LogP contribution in [0.15, 0.2) is 23.9 Å². The van der Waals surface area contributed by atoms with Crippen LogP contribution < -0.4 is 5.32 Å². The van der Waals surface area contributed by atoms with E-state index in [1.54, 1.807) is 0 Å². The van der Waals surface area contributed by atoms with Gasteiger partial charge in [-0.1, -0.05) is 19.1 Å². The maximum Gasteiger partial charge on any atom is 0.00278 e. The van der Waals surface area contributed by atoms with Gasteiger partial charge in [0.25, 0.3) is 0 Å². The summed E-state index contributed by atoms with van der Waals surface area (Å²) in [7, 11) is 1.90.